The van der Waals surface area contributed by atoms with Crippen molar-refractivity contribution in [1.82, 2.24) is 0 Å². The molecule has 0 bridgehead atoms. The summed E-state index contributed by atoms with van der Waals surface area (Å²) in [5.74, 6) is 0.233. The lowest BCUT2D eigenvalue weighted by molar-refractivity contribution is 0.0988. The third-order valence-corrected chi connectivity index (χ3v) is 3.81. The Hall–Kier alpha value is -0.450. The van der Waals surface area contributed by atoms with Gasteiger partial charge in [-0.1, -0.05) is 6.92 Å². The third kappa shape index (κ3) is 4.73. The first-order valence-electron chi connectivity index (χ1n) is 4.47. The highest BCUT2D eigenvalue weighted by molar-refractivity contribution is 9.10. The molecule has 2 rings (SSSR count). The van der Waals surface area contributed by atoms with Gasteiger partial charge in [0.1, 0.15) is 0 Å². The summed E-state index contributed by atoms with van der Waals surface area (Å²) in [5, 5.41) is 7.87. The SMILES string of the molecule is Brc1ccsc1.CCC(=O)c1ccsc1. The lowest BCUT2D eigenvalue weighted by atomic mass is 10.2. The number of Topliss-reactive ketones (excluding diaryl/α,β-unsaturated/α-hetero) is 1. The van der Waals surface area contributed by atoms with Gasteiger partial charge in [-0.15, -0.1) is 0 Å². The summed E-state index contributed by atoms with van der Waals surface area (Å²) in [6.07, 6.45) is 0.608. The Labute approximate surface area is 106 Å². The average molecular weight is 303 g/mol. The molecule has 15 heavy (non-hydrogen) atoms. The number of thiophene rings is 2. The van der Waals surface area contributed by atoms with Gasteiger partial charge in [0.15, 0.2) is 5.78 Å². The average Bonchev–Trinajstić information content (AvgIpc) is 2.89. The highest BCUT2D eigenvalue weighted by Gasteiger charge is 2.00. The number of ketones is 1. The normalized spacial score (nSPS) is 9.20. The van der Waals surface area contributed by atoms with Crippen molar-refractivity contribution in [3.8, 4) is 0 Å². The van der Waals surface area contributed by atoms with Gasteiger partial charge in [0.2, 0.25) is 0 Å². The molecule has 0 fully saturated rings. The Bertz CT molecular complexity index is 379. The summed E-state index contributed by atoms with van der Waals surface area (Å²) < 4.78 is 1.17. The first-order chi connectivity index (χ1) is 7.24. The van der Waals surface area contributed by atoms with Crippen molar-refractivity contribution < 1.29 is 4.79 Å². The molecule has 0 saturated carbocycles. The van der Waals surface area contributed by atoms with E-state index in [4.69, 9.17) is 0 Å². The van der Waals surface area contributed by atoms with Crippen LogP contribution in [0.2, 0.25) is 0 Å². The summed E-state index contributed by atoms with van der Waals surface area (Å²) in [7, 11) is 0. The second-order valence-corrected chi connectivity index (χ2v) is 5.21. The highest BCUT2D eigenvalue weighted by Crippen LogP contribution is 2.11. The van der Waals surface area contributed by atoms with Gasteiger partial charge in [0.05, 0.1) is 0 Å². The molecule has 2 aromatic heterocycles. The first kappa shape index (κ1) is 12.6. The summed E-state index contributed by atoms with van der Waals surface area (Å²) >= 11 is 6.55. The van der Waals surface area contributed by atoms with Crippen LogP contribution in [0.5, 0.6) is 0 Å². The van der Waals surface area contributed by atoms with Gasteiger partial charge in [0.25, 0.3) is 0 Å². The summed E-state index contributed by atoms with van der Waals surface area (Å²) in [5.41, 5.74) is 0.850. The topological polar surface area (TPSA) is 17.1 Å². The predicted molar refractivity (Wildman–Crippen MR) is 71.0 cm³/mol. The van der Waals surface area contributed by atoms with E-state index in [2.05, 4.69) is 15.9 Å². The van der Waals surface area contributed by atoms with E-state index < -0.39 is 0 Å². The predicted octanol–water partition coefficient (Wildman–Crippen LogP) is 4.85. The maximum absolute atomic E-state index is 10.9. The third-order valence-electron chi connectivity index (χ3n) is 1.65. The molecule has 0 N–H and O–H groups in total. The summed E-state index contributed by atoms with van der Waals surface area (Å²) in [4.78, 5) is 10.9. The van der Waals surface area contributed by atoms with Crippen LogP contribution in [0, 0.1) is 0 Å². The molecule has 0 atom stereocenters. The zero-order chi connectivity index (χ0) is 11.1. The lowest BCUT2D eigenvalue weighted by Crippen LogP contribution is -1.91. The molecule has 4 heteroatoms. The van der Waals surface area contributed by atoms with Gasteiger partial charge >= 0.3 is 0 Å². The number of rotatable bonds is 2. The lowest BCUT2D eigenvalue weighted by Gasteiger charge is -1.86. The molecule has 0 aliphatic rings. The number of hydrogen-bond acceptors (Lipinski definition) is 3. The Morgan fingerprint density at radius 3 is 2.27 bits per heavy atom. The van der Waals surface area contributed by atoms with Crippen LogP contribution in [0.1, 0.15) is 23.7 Å². The number of halogens is 1. The maximum Gasteiger partial charge on any atom is 0.163 e. The van der Waals surface area contributed by atoms with Crippen LogP contribution < -0.4 is 0 Å². The smallest absolute Gasteiger partial charge is 0.163 e. The van der Waals surface area contributed by atoms with Crippen molar-refractivity contribution in [3.05, 3.63) is 43.7 Å². The standard InChI is InChI=1S/C7H8OS.C4H3BrS/c1-2-7(8)6-3-4-9-5-6;5-4-1-2-6-3-4/h3-5H,2H2,1H3;1-3H. The Morgan fingerprint density at radius 1 is 1.27 bits per heavy atom. The van der Waals surface area contributed by atoms with Crippen LogP contribution >= 0.6 is 38.6 Å². The van der Waals surface area contributed by atoms with E-state index in [9.17, 15) is 4.79 Å². The van der Waals surface area contributed by atoms with Gasteiger partial charge in [-0.2, -0.15) is 22.7 Å². The van der Waals surface area contributed by atoms with Gasteiger partial charge in [-0.05, 0) is 38.8 Å². The Kier molecular flexibility index (Phi) is 5.83. The second-order valence-electron chi connectivity index (χ2n) is 2.73. The highest BCUT2D eigenvalue weighted by atomic mass is 79.9. The first-order valence-corrected chi connectivity index (χ1v) is 7.15. The van der Waals surface area contributed by atoms with Crippen molar-refractivity contribution in [2.75, 3.05) is 0 Å². The van der Waals surface area contributed by atoms with Gasteiger partial charge in [0, 0.05) is 27.2 Å². The Morgan fingerprint density at radius 2 is 1.93 bits per heavy atom. The number of hydrogen-bond donors (Lipinski definition) is 0. The molecular formula is C11H11BrOS2. The monoisotopic (exact) mass is 302 g/mol. The fourth-order valence-corrected chi connectivity index (χ4v) is 2.68. The van der Waals surface area contributed by atoms with E-state index in [0.29, 0.717) is 6.42 Å². The molecule has 0 unspecified atom stereocenters. The van der Waals surface area contributed by atoms with E-state index >= 15 is 0 Å². The molecule has 2 heterocycles. The van der Waals surface area contributed by atoms with Crippen LogP contribution in [-0.2, 0) is 0 Å². The fraction of sp³-hybridized carbons (Fsp3) is 0.182. The second kappa shape index (κ2) is 6.93. The van der Waals surface area contributed by atoms with E-state index in [-0.39, 0.29) is 5.78 Å². The molecule has 0 aromatic carbocycles. The molecule has 0 aliphatic carbocycles. The molecule has 0 aliphatic heterocycles. The zero-order valence-electron chi connectivity index (χ0n) is 8.27. The van der Waals surface area contributed by atoms with Crippen LogP contribution in [0.15, 0.2) is 38.1 Å². The van der Waals surface area contributed by atoms with Gasteiger partial charge in [-0.25, -0.2) is 0 Å². The van der Waals surface area contributed by atoms with Crippen molar-refractivity contribution >= 4 is 44.4 Å². The van der Waals surface area contributed by atoms with Gasteiger partial charge < -0.3 is 0 Å². The minimum Gasteiger partial charge on any atom is -0.294 e. The number of carbonyl (C=O) groups excluding carboxylic acids is 1. The fourth-order valence-electron chi connectivity index (χ4n) is 0.875. The van der Waals surface area contributed by atoms with Crippen LogP contribution in [0.3, 0.4) is 0 Å². The summed E-state index contributed by atoms with van der Waals surface area (Å²) in [6.45, 7) is 1.88. The summed E-state index contributed by atoms with van der Waals surface area (Å²) in [6, 6.07) is 3.88. The molecule has 0 amide bonds. The largest absolute Gasteiger partial charge is 0.294 e. The molecule has 2 aromatic rings. The molecule has 0 radical (unpaired) electrons. The minimum absolute atomic E-state index is 0.233. The van der Waals surface area contributed by atoms with E-state index in [1.54, 1.807) is 22.7 Å². The molecular weight excluding hydrogens is 292 g/mol. The molecule has 1 nitrogen and oxygen atoms in total. The Balaban J connectivity index is 0.000000162. The van der Waals surface area contributed by atoms with Crippen molar-refractivity contribution in [3.63, 3.8) is 0 Å². The van der Waals surface area contributed by atoms with E-state index in [1.165, 1.54) is 4.47 Å². The van der Waals surface area contributed by atoms with Crippen LogP contribution in [-0.4, -0.2) is 5.78 Å². The van der Waals surface area contributed by atoms with Crippen LogP contribution in [0.4, 0.5) is 0 Å². The van der Waals surface area contributed by atoms with Crippen molar-refractivity contribution in [2.45, 2.75) is 13.3 Å². The molecule has 0 saturated heterocycles. The quantitative estimate of drug-likeness (QED) is 0.725. The van der Waals surface area contributed by atoms with Crippen molar-refractivity contribution in [2.24, 2.45) is 0 Å². The zero-order valence-corrected chi connectivity index (χ0v) is 11.5. The van der Waals surface area contributed by atoms with Crippen molar-refractivity contribution in [1.29, 1.82) is 0 Å². The van der Waals surface area contributed by atoms with E-state index in [0.717, 1.165) is 5.56 Å². The molecule has 80 valence electrons. The van der Waals surface area contributed by atoms with Gasteiger partial charge in [-0.3, -0.25) is 4.79 Å². The molecule has 0 spiro atoms. The maximum atomic E-state index is 10.9. The van der Waals surface area contributed by atoms with Crippen LogP contribution in [0.25, 0.3) is 0 Å². The van der Waals surface area contributed by atoms with E-state index in [1.807, 2.05) is 40.6 Å². The minimum atomic E-state index is 0.233. The number of carbonyl (C=O) groups is 1.